The Labute approximate surface area is 114 Å². The normalized spacial score (nSPS) is 10.1. The summed E-state index contributed by atoms with van der Waals surface area (Å²) in [5, 5.41) is 0. The van der Waals surface area contributed by atoms with Crippen molar-refractivity contribution in [2.24, 2.45) is 0 Å². The molecule has 0 saturated carbocycles. The van der Waals surface area contributed by atoms with Gasteiger partial charge in [-0.25, -0.2) is 4.79 Å². The number of nitrogens with one attached hydrogen (secondary N) is 2. The Morgan fingerprint density at radius 1 is 1.25 bits per heavy atom. The van der Waals surface area contributed by atoms with E-state index >= 15 is 0 Å². The molecule has 1 aromatic heterocycles. The molecule has 1 heterocycles. The summed E-state index contributed by atoms with van der Waals surface area (Å²) >= 11 is 0. The summed E-state index contributed by atoms with van der Waals surface area (Å²) in [5.41, 5.74) is -1.05. The van der Waals surface area contributed by atoms with Gasteiger partial charge in [0, 0.05) is 18.3 Å². The summed E-state index contributed by atoms with van der Waals surface area (Å²) < 4.78 is 4.77. The van der Waals surface area contributed by atoms with Gasteiger partial charge in [0.25, 0.3) is 5.56 Å². The summed E-state index contributed by atoms with van der Waals surface area (Å²) in [5.74, 6) is -0.871. The number of hydrogen-bond acceptors (Lipinski definition) is 5. The van der Waals surface area contributed by atoms with Gasteiger partial charge in [0.2, 0.25) is 5.91 Å². The number of amides is 1. The fourth-order valence-electron chi connectivity index (χ4n) is 1.63. The van der Waals surface area contributed by atoms with Crippen LogP contribution in [0.25, 0.3) is 0 Å². The van der Waals surface area contributed by atoms with Crippen molar-refractivity contribution in [2.45, 2.75) is 20.3 Å². The summed E-state index contributed by atoms with van der Waals surface area (Å²) in [7, 11) is 0. The summed E-state index contributed by atoms with van der Waals surface area (Å²) in [6.07, 6.45) is -0.160. The summed E-state index contributed by atoms with van der Waals surface area (Å²) in [6, 6.07) is 1.14. The molecule has 0 aliphatic carbocycles. The second-order valence-corrected chi connectivity index (χ2v) is 4.00. The van der Waals surface area contributed by atoms with Gasteiger partial charge in [0.1, 0.15) is 6.54 Å². The lowest BCUT2D eigenvalue weighted by Gasteiger charge is -2.19. The van der Waals surface area contributed by atoms with Gasteiger partial charge in [-0.05, 0) is 13.8 Å². The zero-order chi connectivity index (χ0) is 15.1. The Kier molecular flexibility index (Phi) is 5.70. The third-order valence-corrected chi connectivity index (χ3v) is 2.52. The minimum Gasteiger partial charge on any atom is -0.465 e. The van der Waals surface area contributed by atoms with E-state index in [9.17, 15) is 19.2 Å². The lowest BCUT2D eigenvalue weighted by Crippen LogP contribution is -2.38. The van der Waals surface area contributed by atoms with Crippen LogP contribution in [0, 0.1) is 0 Å². The molecule has 20 heavy (non-hydrogen) atoms. The molecule has 8 nitrogen and oxygen atoms in total. The standard InChI is InChI=1S/C12H17N3O5/c1-3-15(7-11(18)20-4-2)10(17)6-8-5-9(16)14-12(19)13-8/h5H,3-4,6-7H2,1-2H3,(H2,13,14,16,19). The minimum absolute atomic E-state index is 0.156. The lowest BCUT2D eigenvalue weighted by atomic mass is 10.2. The van der Waals surface area contributed by atoms with Crippen LogP contribution in [-0.4, -0.2) is 46.4 Å². The molecule has 0 atom stereocenters. The maximum atomic E-state index is 12.0. The van der Waals surface area contributed by atoms with Crippen molar-refractivity contribution in [1.82, 2.24) is 14.9 Å². The van der Waals surface area contributed by atoms with Crippen LogP contribution in [0.2, 0.25) is 0 Å². The number of likely N-dealkylation sites (N-methyl/N-ethyl adjacent to an activating group) is 1. The van der Waals surface area contributed by atoms with Gasteiger partial charge < -0.3 is 14.6 Å². The Hall–Kier alpha value is -2.38. The second-order valence-electron chi connectivity index (χ2n) is 4.00. The molecule has 1 amide bonds. The van der Waals surface area contributed by atoms with Gasteiger partial charge in [-0.1, -0.05) is 0 Å². The van der Waals surface area contributed by atoms with Crippen molar-refractivity contribution >= 4 is 11.9 Å². The molecule has 0 unspecified atom stereocenters. The SMILES string of the molecule is CCOC(=O)CN(CC)C(=O)Cc1cc(=O)[nH]c(=O)[nH]1. The van der Waals surface area contributed by atoms with Crippen molar-refractivity contribution in [3.63, 3.8) is 0 Å². The molecule has 0 fully saturated rings. The van der Waals surface area contributed by atoms with Crippen molar-refractivity contribution < 1.29 is 14.3 Å². The number of H-pyrrole nitrogens is 2. The molecular weight excluding hydrogens is 266 g/mol. The van der Waals surface area contributed by atoms with Crippen LogP contribution in [0.1, 0.15) is 19.5 Å². The van der Waals surface area contributed by atoms with Gasteiger partial charge in [0.05, 0.1) is 13.0 Å². The van der Waals surface area contributed by atoms with E-state index in [1.807, 2.05) is 4.98 Å². The lowest BCUT2D eigenvalue weighted by molar-refractivity contribution is -0.148. The van der Waals surface area contributed by atoms with Gasteiger partial charge in [0.15, 0.2) is 0 Å². The predicted octanol–water partition coefficient (Wildman–Crippen LogP) is -0.983. The quantitative estimate of drug-likeness (QED) is 0.651. The third kappa shape index (κ3) is 4.71. The maximum absolute atomic E-state index is 12.0. The Morgan fingerprint density at radius 2 is 1.95 bits per heavy atom. The number of carbonyl (C=O) groups is 2. The number of rotatable bonds is 6. The Balaban J connectivity index is 2.74. The van der Waals surface area contributed by atoms with E-state index in [4.69, 9.17) is 4.74 Å². The van der Waals surface area contributed by atoms with E-state index in [1.165, 1.54) is 4.90 Å². The average Bonchev–Trinajstić information content (AvgIpc) is 2.34. The molecule has 0 bridgehead atoms. The molecule has 0 aromatic carbocycles. The highest BCUT2D eigenvalue weighted by atomic mass is 16.5. The molecule has 0 radical (unpaired) electrons. The van der Waals surface area contributed by atoms with Crippen LogP contribution >= 0.6 is 0 Å². The van der Waals surface area contributed by atoms with E-state index in [-0.39, 0.29) is 31.2 Å². The van der Waals surface area contributed by atoms with Crippen LogP contribution in [-0.2, 0) is 20.7 Å². The van der Waals surface area contributed by atoms with Gasteiger partial charge in [-0.15, -0.1) is 0 Å². The molecule has 110 valence electrons. The number of aromatic amines is 2. The molecule has 1 aromatic rings. The largest absolute Gasteiger partial charge is 0.465 e. The molecule has 1 rings (SSSR count). The molecule has 0 spiro atoms. The number of nitrogens with zero attached hydrogens (tertiary/aromatic N) is 1. The average molecular weight is 283 g/mol. The first-order chi connectivity index (χ1) is 9.46. The van der Waals surface area contributed by atoms with Crippen LogP contribution in [0.5, 0.6) is 0 Å². The van der Waals surface area contributed by atoms with Crippen molar-refractivity contribution in [3.05, 3.63) is 32.6 Å². The van der Waals surface area contributed by atoms with Crippen LogP contribution in [0.15, 0.2) is 15.7 Å². The molecule has 8 heteroatoms. The van der Waals surface area contributed by atoms with E-state index < -0.39 is 17.2 Å². The van der Waals surface area contributed by atoms with Gasteiger partial charge >= 0.3 is 11.7 Å². The first-order valence-electron chi connectivity index (χ1n) is 6.22. The van der Waals surface area contributed by atoms with E-state index in [2.05, 4.69) is 4.98 Å². The van der Waals surface area contributed by atoms with Crippen LogP contribution in [0.4, 0.5) is 0 Å². The van der Waals surface area contributed by atoms with Gasteiger partial charge in [-0.2, -0.15) is 0 Å². The summed E-state index contributed by atoms with van der Waals surface area (Å²) in [4.78, 5) is 51.2. The van der Waals surface area contributed by atoms with E-state index in [0.717, 1.165) is 6.07 Å². The number of aromatic nitrogens is 2. The predicted molar refractivity (Wildman–Crippen MR) is 70.3 cm³/mol. The maximum Gasteiger partial charge on any atom is 0.325 e. The zero-order valence-corrected chi connectivity index (χ0v) is 11.4. The third-order valence-electron chi connectivity index (χ3n) is 2.52. The number of hydrogen-bond donors (Lipinski definition) is 2. The Morgan fingerprint density at radius 3 is 2.50 bits per heavy atom. The molecule has 0 aliphatic rings. The van der Waals surface area contributed by atoms with E-state index in [1.54, 1.807) is 13.8 Å². The van der Waals surface area contributed by atoms with Crippen molar-refractivity contribution in [1.29, 1.82) is 0 Å². The fourth-order valence-corrected chi connectivity index (χ4v) is 1.63. The fraction of sp³-hybridized carbons (Fsp3) is 0.500. The minimum atomic E-state index is -0.672. The number of esters is 1. The first kappa shape index (κ1) is 15.7. The summed E-state index contributed by atoms with van der Waals surface area (Å²) in [6.45, 7) is 3.81. The highest BCUT2D eigenvalue weighted by Crippen LogP contribution is 1.98. The number of ether oxygens (including phenoxy) is 1. The van der Waals surface area contributed by atoms with Gasteiger partial charge in [-0.3, -0.25) is 19.4 Å². The second kappa shape index (κ2) is 7.27. The number of carbonyl (C=O) groups excluding carboxylic acids is 2. The zero-order valence-electron chi connectivity index (χ0n) is 11.4. The monoisotopic (exact) mass is 283 g/mol. The molecular formula is C12H17N3O5. The van der Waals surface area contributed by atoms with Crippen LogP contribution < -0.4 is 11.2 Å². The van der Waals surface area contributed by atoms with Crippen molar-refractivity contribution in [3.8, 4) is 0 Å². The van der Waals surface area contributed by atoms with E-state index in [0.29, 0.717) is 6.54 Å². The Bertz CT molecular complexity index is 561. The topological polar surface area (TPSA) is 112 Å². The molecule has 0 saturated heterocycles. The molecule has 2 N–H and O–H groups in total. The molecule has 0 aliphatic heterocycles. The highest BCUT2D eigenvalue weighted by Gasteiger charge is 2.17. The highest BCUT2D eigenvalue weighted by molar-refractivity contribution is 5.83. The first-order valence-corrected chi connectivity index (χ1v) is 6.22. The smallest absolute Gasteiger partial charge is 0.325 e. The van der Waals surface area contributed by atoms with Crippen LogP contribution in [0.3, 0.4) is 0 Å². The van der Waals surface area contributed by atoms with Crippen molar-refractivity contribution in [2.75, 3.05) is 19.7 Å².